The molecule has 2 aromatic carbocycles. The maximum Gasteiger partial charge on any atom is 0.387 e. The number of aryl methyl sites for hydroxylation is 1. The predicted molar refractivity (Wildman–Crippen MR) is 86.7 cm³/mol. The molecule has 0 unspecified atom stereocenters. The van der Waals surface area contributed by atoms with Gasteiger partial charge in [-0.15, -0.1) is 0 Å². The summed E-state index contributed by atoms with van der Waals surface area (Å²) in [6, 6.07) is 11.5. The Morgan fingerprint density at radius 1 is 1.17 bits per heavy atom. The highest BCUT2D eigenvalue weighted by molar-refractivity contribution is 5.89. The van der Waals surface area contributed by atoms with Gasteiger partial charge in [-0.25, -0.2) is 4.79 Å². The molecule has 2 amide bonds. The lowest BCUT2D eigenvalue weighted by Gasteiger charge is -2.13. The Morgan fingerprint density at radius 3 is 2.58 bits per heavy atom. The molecule has 0 saturated heterocycles. The number of halogens is 2. The number of benzene rings is 2. The summed E-state index contributed by atoms with van der Waals surface area (Å²) >= 11 is 0. The number of methoxy groups -OCH3 is 1. The summed E-state index contributed by atoms with van der Waals surface area (Å²) < 4.78 is 34.1. The summed E-state index contributed by atoms with van der Waals surface area (Å²) in [6.45, 7) is -0.675. The van der Waals surface area contributed by atoms with Crippen LogP contribution in [0.25, 0.3) is 0 Å². The van der Waals surface area contributed by atoms with Gasteiger partial charge >= 0.3 is 12.6 Å². The summed E-state index contributed by atoms with van der Waals surface area (Å²) in [5.41, 5.74) is 2.37. The molecule has 0 atom stereocenters. The van der Waals surface area contributed by atoms with E-state index in [1.165, 1.54) is 25.3 Å². The lowest BCUT2D eigenvalue weighted by molar-refractivity contribution is -0.0511. The van der Waals surface area contributed by atoms with E-state index < -0.39 is 12.6 Å². The van der Waals surface area contributed by atoms with Crippen LogP contribution in [0.4, 0.5) is 19.3 Å². The van der Waals surface area contributed by atoms with E-state index in [1.54, 1.807) is 0 Å². The standard InChI is InChI=1S/C17H18F2N2O3/c1-11-5-3-4-6-12(11)10-20-17(22)21-13-7-8-14(23-2)15(9-13)24-16(18)19/h3-9,16H,10H2,1-2H3,(H2,20,21,22). The molecule has 0 bridgehead atoms. The maximum atomic E-state index is 12.4. The minimum absolute atomic E-state index is 0.149. The SMILES string of the molecule is COc1ccc(NC(=O)NCc2ccccc2C)cc1OC(F)F. The topological polar surface area (TPSA) is 59.6 Å². The van der Waals surface area contributed by atoms with Crippen LogP contribution in [-0.4, -0.2) is 19.8 Å². The molecule has 0 aromatic heterocycles. The smallest absolute Gasteiger partial charge is 0.387 e. The minimum atomic E-state index is -2.98. The zero-order valence-electron chi connectivity index (χ0n) is 13.3. The van der Waals surface area contributed by atoms with E-state index in [0.29, 0.717) is 12.2 Å². The number of hydrogen-bond donors (Lipinski definition) is 2. The predicted octanol–water partition coefficient (Wildman–Crippen LogP) is 3.93. The molecule has 0 heterocycles. The number of rotatable bonds is 6. The van der Waals surface area contributed by atoms with Gasteiger partial charge in [0.25, 0.3) is 0 Å². The molecule has 0 saturated carbocycles. The van der Waals surface area contributed by atoms with Gasteiger partial charge in [0.2, 0.25) is 0 Å². The molecule has 0 spiro atoms. The quantitative estimate of drug-likeness (QED) is 0.840. The van der Waals surface area contributed by atoms with Crippen molar-refractivity contribution in [1.82, 2.24) is 5.32 Å². The summed E-state index contributed by atoms with van der Waals surface area (Å²) in [4.78, 5) is 11.9. The van der Waals surface area contributed by atoms with Gasteiger partial charge < -0.3 is 20.1 Å². The number of anilines is 1. The molecule has 2 N–H and O–H groups in total. The molecule has 5 nitrogen and oxygen atoms in total. The Balaban J connectivity index is 1.99. The van der Waals surface area contributed by atoms with Gasteiger partial charge in [-0.2, -0.15) is 8.78 Å². The van der Waals surface area contributed by atoms with Crippen LogP contribution in [0.2, 0.25) is 0 Å². The Kier molecular flexibility index (Phi) is 5.95. The highest BCUT2D eigenvalue weighted by Crippen LogP contribution is 2.31. The van der Waals surface area contributed by atoms with Gasteiger partial charge in [-0.05, 0) is 30.2 Å². The maximum absolute atomic E-state index is 12.4. The first kappa shape index (κ1) is 17.5. The van der Waals surface area contributed by atoms with Crippen LogP contribution in [0, 0.1) is 6.92 Å². The van der Waals surface area contributed by atoms with Gasteiger partial charge in [0, 0.05) is 18.3 Å². The second-order valence-corrected chi connectivity index (χ2v) is 4.98. The highest BCUT2D eigenvalue weighted by atomic mass is 19.3. The Morgan fingerprint density at radius 2 is 1.92 bits per heavy atom. The summed E-state index contributed by atoms with van der Waals surface area (Å²) in [7, 11) is 1.34. The highest BCUT2D eigenvalue weighted by Gasteiger charge is 2.12. The number of urea groups is 1. The van der Waals surface area contributed by atoms with Gasteiger partial charge in [0.15, 0.2) is 11.5 Å². The molecular weight excluding hydrogens is 318 g/mol. The molecule has 0 radical (unpaired) electrons. The monoisotopic (exact) mass is 336 g/mol. The molecule has 24 heavy (non-hydrogen) atoms. The second kappa shape index (κ2) is 8.14. The van der Waals surface area contributed by atoms with Crippen molar-refractivity contribution >= 4 is 11.7 Å². The number of carbonyl (C=O) groups is 1. The van der Waals surface area contributed by atoms with Crippen molar-refractivity contribution in [2.45, 2.75) is 20.1 Å². The summed E-state index contributed by atoms with van der Waals surface area (Å²) in [5, 5.41) is 5.27. The van der Waals surface area contributed by atoms with Crippen molar-refractivity contribution < 1.29 is 23.0 Å². The van der Waals surface area contributed by atoms with E-state index in [0.717, 1.165) is 11.1 Å². The van der Waals surface area contributed by atoms with Crippen molar-refractivity contribution in [3.05, 3.63) is 53.6 Å². The van der Waals surface area contributed by atoms with Crippen LogP contribution in [0.1, 0.15) is 11.1 Å². The number of amides is 2. The van der Waals surface area contributed by atoms with E-state index >= 15 is 0 Å². The van der Waals surface area contributed by atoms with Gasteiger partial charge in [-0.1, -0.05) is 24.3 Å². The van der Waals surface area contributed by atoms with Crippen molar-refractivity contribution in [3.63, 3.8) is 0 Å². The third-order valence-electron chi connectivity index (χ3n) is 3.34. The number of nitrogens with one attached hydrogen (secondary N) is 2. The summed E-state index contributed by atoms with van der Waals surface area (Å²) in [6.07, 6.45) is 0. The van der Waals surface area contributed by atoms with Gasteiger partial charge in [0.1, 0.15) is 0 Å². The Hall–Kier alpha value is -2.83. The van der Waals surface area contributed by atoms with Crippen LogP contribution >= 0.6 is 0 Å². The van der Waals surface area contributed by atoms with Crippen LogP contribution < -0.4 is 20.1 Å². The third-order valence-corrected chi connectivity index (χ3v) is 3.34. The number of ether oxygens (including phenoxy) is 2. The molecule has 2 aromatic rings. The second-order valence-electron chi connectivity index (χ2n) is 4.98. The lowest BCUT2D eigenvalue weighted by Crippen LogP contribution is -2.28. The van der Waals surface area contributed by atoms with Gasteiger partial charge in [0.05, 0.1) is 7.11 Å². The van der Waals surface area contributed by atoms with Gasteiger partial charge in [-0.3, -0.25) is 0 Å². The summed E-state index contributed by atoms with van der Waals surface area (Å²) in [5.74, 6) is 0.00497. The average molecular weight is 336 g/mol. The first-order valence-electron chi connectivity index (χ1n) is 7.22. The molecule has 0 fully saturated rings. The van der Waals surface area contributed by atoms with Crippen molar-refractivity contribution in [2.24, 2.45) is 0 Å². The van der Waals surface area contributed by atoms with Crippen molar-refractivity contribution in [2.75, 3.05) is 12.4 Å². The molecule has 128 valence electrons. The molecular formula is C17H18F2N2O3. The molecule has 0 aliphatic rings. The van der Waals surface area contributed by atoms with E-state index in [1.807, 2.05) is 31.2 Å². The Bertz CT molecular complexity index is 708. The largest absolute Gasteiger partial charge is 0.493 e. The van der Waals surface area contributed by atoms with Crippen LogP contribution in [-0.2, 0) is 6.54 Å². The fourth-order valence-electron chi connectivity index (χ4n) is 2.10. The lowest BCUT2D eigenvalue weighted by atomic mass is 10.1. The fraction of sp³-hybridized carbons (Fsp3) is 0.235. The van der Waals surface area contributed by atoms with E-state index in [-0.39, 0.29) is 11.5 Å². The van der Waals surface area contributed by atoms with E-state index in [2.05, 4.69) is 15.4 Å². The fourth-order valence-corrected chi connectivity index (χ4v) is 2.10. The molecule has 0 aliphatic heterocycles. The third kappa shape index (κ3) is 4.84. The van der Waals surface area contributed by atoms with Crippen molar-refractivity contribution in [1.29, 1.82) is 0 Å². The number of alkyl halides is 2. The zero-order valence-corrected chi connectivity index (χ0v) is 13.3. The molecule has 0 aliphatic carbocycles. The van der Waals surface area contributed by atoms with Crippen LogP contribution in [0.15, 0.2) is 42.5 Å². The Labute approximate surface area is 138 Å². The van der Waals surface area contributed by atoms with E-state index in [9.17, 15) is 13.6 Å². The average Bonchev–Trinajstić information content (AvgIpc) is 2.54. The van der Waals surface area contributed by atoms with Crippen molar-refractivity contribution in [3.8, 4) is 11.5 Å². The minimum Gasteiger partial charge on any atom is -0.493 e. The number of hydrogen-bond acceptors (Lipinski definition) is 3. The van der Waals surface area contributed by atoms with Crippen LogP contribution in [0.5, 0.6) is 11.5 Å². The number of carbonyl (C=O) groups excluding carboxylic acids is 1. The zero-order chi connectivity index (χ0) is 17.5. The first-order valence-corrected chi connectivity index (χ1v) is 7.22. The molecule has 2 rings (SSSR count). The van der Waals surface area contributed by atoms with E-state index in [4.69, 9.17) is 4.74 Å². The van der Waals surface area contributed by atoms with Crippen LogP contribution in [0.3, 0.4) is 0 Å². The molecule has 7 heteroatoms. The first-order chi connectivity index (χ1) is 11.5. The normalized spacial score (nSPS) is 10.4.